The number of carbonyl (C=O) groups is 1. The van der Waals surface area contributed by atoms with Crippen molar-refractivity contribution in [3.8, 4) is 5.69 Å². The van der Waals surface area contributed by atoms with Crippen LogP contribution in [0.3, 0.4) is 0 Å². The molecule has 0 aliphatic heterocycles. The molecule has 0 aliphatic rings. The molecule has 1 heterocycles. The third kappa shape index (κ3) is 2.81. The molecular weight excluding hydrogens is 328 g/mol. The molecule has 0 saturated carbocycles. The first-order chi connectivity index (χ1) is 10.1. The lowest BCUT2D eigenvalue weighted by atomic mass is 10.0. The highest BCUT2D eigenvalue weighted by Gasteiger charge is 2.14. The predicted octanol–water partition coefficient (Wildman–Crippen LogP) is 4.17. The molecular formula is C17H13BrN2O. The van der Waals surface area contributed by atoms with Crippen molar-refractivity contribution in [2.75, 3.05) is 0 Å². The standard InChI is InChI=1S/C17H13BrN2O/c1-12-7-8-14(18)9-16(12)17(21)13-10-19-20(11-13)15-5-3-2-4-6-15/h2-11H,1H3. The average molecular weight is 341 g/mol. The van der Waals surface area contributed by atoms with E-state index in [1.54, 1.807) is 17.1 Å². The normalized spacial score (nSPS) is 10.6. The van der Waals surface area contributed by atoms with E-state index in [1.165, 1.54) is 0 Å². The third-order valence-electron chi connectivity index (χ3n) is 3.31. The molecule has 0 aliphatic carbocycles. The van der Waals surface area contributed by atoms with Crippen LogP contribution in [0.1, 0.15) is 21.5 Å². The van der Waals surface area contributed by atoms with Crippen LogP contribution in [0.15, 0.2) is 65.4 Å². The number of halogens is 1. The number of carbonyl (C=O) groups excluding carboxylic acids is 1. The van der Waals surface area contributed by atoms with Gasteiger partial charge in [0.2, 0.25) is 0 Å². The smallest absolute Gasteiger partial charge is 0.196 e. The Kier molecular flexibility index (Phi) is 3.71. The van der Waals surface area contributed by atoms with Crippen molar-refractivity contribution in [3.05, 3.63) is 82.1 Å². The number of benzene rings is 2. The van der Waals surface area contributed by atoms with E-state index in [0.29, 0.717) is 11.1 Å². The number of nitrogens with zero attached hydrogens (tertiary/aromatic N) is 2. The Labute approximate surface area is 131 Å². The van der Waals surface area contributed by atoms with Crippen LogP contribution in [-0.4, -0.2) is 15.6 Å². The number of aromatic nitrogens is 2. The van der Waals surface area contributed by atoms with Gasteiger partial charge in [-0.3, -0.25) is 4.79 Å². The van der Waals surface area contributed by atoms with Gasteiger partial charge >= 0.3 is 0 Å². The highest BCUT2D eigenvalue weighted by Crippen LogP contribution is 2.19. The van der Waals surface area contributed by atoms with Gasteiger partial charge in [0.05, 0.1) is 17.4 Å². The summed E-state index contributed by atoms with van der Waals surface area (Å²) in [4.78, 5) is 12.6. The van der Waals surface area contributed by atoms with Crippen LogP contribution in [0.2, 0.25) is 0 Å². The van der Waals surface area contributed by atoms with E-state index in [-0.39, 0.29) is 5.78 Å². The first kappa shape index (κ1) is 13.8. The van der Waals surface area contributed by atoms with Crippen LogP contribution < -0.4 is 0 Å². The zero-order chi connectivity index (χ0) is 14.8. The fourth-order valence-corrected chi connectivity index (χ4v) is 2.52. The number of hydrogen-bond donors (Lipinski definition) is 0. The second-order valence-corrected chi connectivity index (χ2v) is 5.71. The average Bonchev–Trinajstić information content (AvgIpc) is 3.00. The van der Waals surface area contributed by atoms with Crippen molar-refractivity contribution < 1.29 is 4.79 Å². The van der Waals surface area contributed by atoms with Gasteiger partial charge in [0.25, 0.3) is 0 Å². The Morgan fingerprint density at radius 1 is 1.14 bits per heavy atom. The maximum atomic E-state index is 12.6. The lowest BCUT2D eigenvalue weighted by Gasteiger charge is -2.04. The summed E-state index contributed by atoms with van der Waals surface area (Å²) in [5, 5.41) is 4.27. The van der Waals surface area contributed by atoms with Crippen LogP contribution >= 0.6 is 15.9 Å². The second-order valence-electron chi connectivity index (χ2n) is 4.80. The van der Waals surface area contributed by atoms with E-state index in [4.69, 9.17) is 0 Å². The Morgan fingerprint density at radius 2 is 1.90 bits per heavy atom. The molecule has 0 radical (unpaired) electrons. The van der Waals surface area contributed by atoms with Gasteiger partial charge in [-0.15, -0.1) is 0 Å². The minimum Gasteiger partial charge on any atom is -0.288 e. The van der Waals surface area contributed by atoms with Gasteiger partial charge in [0.15, 0.2) is 5.78 Å². The van der Waals surface area contributed by atoms with Crippen molar-refractivity contribution in [1.82, 2.24) is 9.78 Å². The first-order valence-corrected chi connectivity index (χ1v) is 7.35. The SMILES string of the molecule is Cc1ccc(Br)cc1C(=O)c1cnn(-c2ccccc2)c1. The molecule has 0 fully saturated rings. The molecule has 0 atom stereocenters. The van der Waals surface area contributed by atoms with Crippen LogP contribution in [0.25, 0.3) is 5.69 Å². The Balaban J connectivity index is 1.96. The minimum atomic E-state index is -0.0176. The molecule has 4 heteroatoms. The molecule has 3 aromatic rings. The van der Waals surface area contributed by atoms with Crippen LogP contribution in [0.5, 0.6) is 0 Å². The third-order valence-corrected chi connectivity index (χ3v) is 3.80. The van der Waals surface area contributed by atoms with E-state index in [2.05, 4.69) is 21.0 Å². The summed E-state index contributed by atoms with van der Waals surface area (Å²) >= 11 is 3.41. The molecule has 0 spiro atoms. The summed E-state index contributed by atoms with van der Waals surface area (Å²) in [6, 6.07) is 15.4. The van der Waals surface area contributed by atoms with Crippen molar-refractivity contribution in [2.45, 2.75) is 6.92 Å². The minimum absolute atomic E-state index is 0.0176. The number of para-hydroxylation sites is 1. The number of aryl methyl sites for hydroxylation is 1. The zero-order valence-electron chi connectivity index (χ0n) is 11.5. The predicted molar refractivity (Wildman–Crippen MR) is 85.9 cm³/mol. The molecule has 0 bridgehead atoms. The topological polar surface area (TPSA) is 34.9 Å². The maximum Gasteiger partial charge on any atom is 0.196 e. The quantitative estimate of drug-likeness (QED) is 0.670. The van der Waals surface area contributed by atoms with E-state index in [0.717, 1.165) is 15.7 Å². The van der Waals surface area contributed by atoms with Gasteiger partial charge in [-0.2, -0.15) is 5.10 Å². The van der Waals surface area contributed by atoms with Crippen molar-refractivity contribution in [3.63, 3.8) is 0 Å². The molecule has 104 valence electrons. The van der Waals surface area contributed by atoms with Gasteiger partial charge in [0, 0.05) is 16.2 Å². The van der Waals surface area contributed by atoms with Gasteiger partial charge in [-0.05, 0) is 36.8 Å². The van der Waals surface area contributed by atoms with E-state index in [9.17, 15) is 4.79 Å². The summed E-state index contributed by atoms with van der Waals surface area (Å²) in [7, 11) is 0. The second kappa shape index (κ2) is 5.66. The van der Waals surface area contributed by atoms with Crippen molar-refractivity contribution in [2.24, 2.45) is 0 Å². The highest BCUT2D eigenvalue weighted by molar-refractivity contribution is 9.10. The van der Waals surface area contributed by atoms with E-state index in [1.807, 2.05) is 55.5 Å². The molecule has 0 saturated heterocycles. The van der Waals surface area contributed by atoms with Gasteiger partial charge in [-0.1, -0.05) is 40.2 Å². The van der Waals surface area contributed by atoms with Crippen molar-refractivity contribution in [1.29, 1.82) is 0 Å². The molecule has 0 unspecified atom stereocenters. The van der Waals surface area contributed by atoms with E-state index < -0.39 is 0 Å². The number of rotatable bonds is 3. The monoisotopic (exact) mass is 340 g/mol. The van der Waals surface area contributed by atoms with Crippen LogP contribution in [0, 0.1) is 6.92 Å². The summed E-state index contributed by atoms with van der Waals surface area (Å²) in [6.45, 7) is 1.93. The Bertz CT molecular complexity index is 794. The van der Waals surface area contributed by atoms with E-state index >= 15 is 0 Å². The molecule has 3 rings (SSSR count). The summed E-state index contributed by atoms with van der Waals surface area (Å²) < 4.78 is 2.60. The summed E-state index contributed by atoms with van der Waals surface area (Å²) in [6.07, 6.45) is 3.37. The van der Waals surface area contributed by atoms with Crippen molar-refractivity contribution >= 4 is 21.7 Å². The summed E-state index contributed by atoms with van der Waals surface area (Å²) in [5.41, 5.74) is 3.16. The highest BCUT2D eigenvalue weighted by atomic mass is 79.9. The lowest BCUT2D eigenvalue weighted by molar-refractivity contribution is 0.103. The number of hydrogen-bond acceptors (Lipinski definition) is 2. The fraction of sp³-hybridized carbons (Fsp3) is 0.0588. The largest absolute Gasteiger partial charge is 0.288 e. The maximum absolute atomic E-state index is 12.6. The molecule has 21 heavy (non-hydrogen) atoms. The molecule has 0 N–H and O–H groups in total. The van der Waals surface area contributed by atoms with Crippen LogP contribution in [-0.2, 0) is 0 Å². The van der Waals surface area contributed by atoms with Crippen LogP contribution in [0.4, 0.5) is 0 Å². The molecule has 0 amide bonds. The molecule has 3 nitrogen and oxygen atoms in total. The van der Waals surface area contributed by atoms with Gasteiger partial charge in [0.1, 0.15) is 0 Å². The Hall–Kier alpha value is -2.20. The lowest BCUT2D eigenvalue weighted by Crippen LogP contribution is -2.02. The number of ketones is 1. The zero-order valence-corrected chi connectivity index (χ0v) is 13.0. The van der Waals surface area contributed by atoms with Gasteiger partial charge < -0.3 is 0 Å². The summed E-state index contributed by atoms with van der Waals surface area (Å²) in [5.74, 6) is -0.0176. The Morgan fingerprint density at radius 3 is 2.67 bits per heavy atom. The molecule has 2 aromatic carbocycles. The first-order valence-electron chi connectivity index (χ1n) is 6.56. The molecule has 1 aromatic heterocycles. The van der Waals surface area contributed by atoms with Gasteiger partial charge in [-0.25, -0.2) is 4.68 Å². The fourth-order valence-electron chi connectivity index (χ4n) is 2.16.